The van der Waals surface area contributed by atoms with Crippen LogP contribution < -0.4 is 16.7 Å². The molecule has 2 aromatic carbocycles. The Morgan fingerprint density at radius 2 is 1.96 bits per heavy atom. The SMILES string of the molecule is Nc1cccc(Cc2c(CN3CCNCC3)c3ccc(O)cc3oc2=O)c1Cl. The lowest BCUT2D eigenvalue weighted by Gasteiger charge is -2.28. The molecule has 1 fully saturated rings. The lowest BCUT2D eigenvalue weighted by atomic mass is 9.97. The van der Waals surface area contributed by atoms with Crippen molar-refractivity contribution in [1.29, 1.82) is 0 Å². The second-order valence-corrected chi connectivity index (χ2v) is 7.43. The molecule has 0 aliphatic carbocycles. The number of halogens is 1. The van der Waals surface area contributed by atoms with Gasteiger partial charge in [-0.2, -0.15) is 0 Å². The predicted octanol–water partition coefficient (Wildman–Crippen LogP) is 2.73. The van der Waals surface area contributed by atoms with E-state index in [2.05, 4.69) is 10.2 Å². The van der Waals surface area contributed by atoms with Gasteiger partial charge in [-0.15, -0.1) is 0 Å². The third-order valence-electron chi connectivity index (χ3n) is 5.17. The lowest BCUT2D eigenvalue weighted by molar-refractivity contribution is 0.233. The molecule has 6 nitrogen and oxygen atoms in total. The van der Waals surface area contributed by atoms with Crippen LogP contribution in [0.4, 0.5) is 5.69 Å². The van der Waals surface area contributed by atoms with E-state index in [4.69, 9.17) is 21.8 Å². The number of aromatic hydroxyl groups is 1. The van der Waals surface area contributed by atoms with Gasteiger partial charge in [-0.3, -0.25) is 4.90 Å². The zero-order valence-corrected chi connectivity index (χ0v) is 16.1. The normalized spacial score (nSPS) is 15.2. The third kappa shape index (κ3) is 3.71. The average Bonchev–Trinajstić information content (AvgIpc) is 2.68. The number of piperazine rings is 1. The molecule has 1 aliphatic heterocycles. The number of fused-ring (bicyclic) bond motifs is 1. The molecule has 1 aliphatic rings. The molecule has 0 spiro atoms. The van der Waals surface area contributed by atoms with Crippen LogP contribution in [0.15, 0.2) is 45.6 Å². The minimum atomic E-state index is -0.415. The summed E-state index contributed by atoms with van der Waals surface area (Å²) >= 11 is 6.37. The molecule has 146 valence electrons. The van der Waals surface area contributed by atoms with E-state index in [1.165, 1.54) is 6.07 Å². The van der Waals surface area contributed by atoms with Gasteiger partial charge in [0.15, 0.2) is 0 Å². The summed E-state index contributed by atoms with van der Waals surface area (Å²) in [5.74, 6) is 0.0652. The largest absolute Gasteiger partial charge is 0.508 e. The first kappa shape index (κ1) is 18.8. The van der Waals surface area contributed by atoms with Crippen molar-refractivity contribution in [3.8, 4) is 5.75 Å². The number of nitrogens with two attached hydrogens (primary N) is 1. The van der Waals surface area contributed by atoms with Crippen LogP contribution in [0.5, 0.6) is 5.75 Å². The number of hydrogen-bond acceptors (Lipinski definition) is 6. The fraction of sp³-hybridized carbons (Fsp3) is 0.286. The summed E-state index contributed by atoms with van der Waals surface area (Å²) in [5, 5.41) is 14.4. The molecule has 4 N–H and O–H groups in total. The van der Waals surface area contributed by atoms with Gasteiger partial charge < -0.3 is 20.6 Å². The quantitative estimate of drug-likeness (QED) is 0.461. The van der Waals surface area contributed by atoms with Gasteiger partial charge in [-0.25, -0.2) is 4.79 Å². The summed E-state index contributed by atoms with van der Waals surface area (Å²) in [6, 6.07) is 10.3. The smallest absolute Gasteiger partial charge is 0.340 e. The van der Waals surface area contributed by atoms with Crippen molar-refractivity contribution in [3.05, 3.63) is 68.5 Å². The lowest BCUT2D eigenvalue weighted by Crippen LogP contribution is -2.43. The van der Waals surface area contributed by atoms with E-state index in [9.17, 15) is 9.90 Å². The van der Waals surface area contributed by atoms with Gasteiger partial charge in [0.05, 0.1) is 10.7 Å². The van der Waals surface area contributed by atoms with Gasteiger partial charge in [-0.05, 0) is 29.3 Å². The van der Waals surface area contributed by atoms with Crippen molar-refractivity contribution < 1.29 is 9.52 Å². The number of phenolic OH excluding ortho intramolecular Hbond substituents is 1. The van der Waals surface area contributed by atoms with Crippen LogP contribution >= 0.6 is 11.6 Å². The molecule has 0 radical (unpaired) electrons. The summed E-state index contributed by atoms with van der Waals surface area (Å²) in [4.78, 5) is 15.2. The summed E-state index contributed by atoms with van der Waals surface area (Å²) in [6.07, 6.45) is 0.338. The van der Waals surface area contributed by atoms with Crippen molar-refractivity contribution in [1.82, 2.24) is 10.2 Å². The van der Waals surface area contributed by atoms with Gasteiger partial charge in [0.1, 0.15) is 11.3 Å². The van der Waals surface area contributed by atoms with Gasteiger partial charge >= 0.3 is 5.63 Å². The molecule has 3 aromatic rings. The van der Waals surface area contributed by atoms with Crippen molar-refractivity contribution in [2.75, 3.05) is 31.9 Å². The van der Waals surface area contributed by atoms with E-state index in [0.29, 0.717) is 34.8 Å². The number of hydrogen-bond donors (Lipinski definition) is 3. The van der Waals surface area contributed by atoms with Gasteiger partial charge in [0.2, 0.25) is 0 Å². The number of nitrogens with zero attached hydrogens (tertiary/aromatic N) is 1. The summed E-state index contributed by atoms with van der Waals surface area (Å²) in [5.41, 5.74) is 8.65. The second kappa shape index (κ2) is 7.83. The second-order valence-electron chi connectivity index (χ2n) is 7.05. The van der Waals surface area contributed by atoms with Crippen LogP contribution in [0.1, 0.15) is 16.7 Å². The Kier molecular flexibility index (Phi) is 5.26. The number of nitrogen functional groups attached to an aromatic ring is 1. The average molecular weight is 400 g/mol. The number of anilines is 1. The number of benzene rings is 2. The molecule has 0 saturated carbocycles. The Bertz CT molecular complexity index is 1070. The maximum absolute atomic E-state index is 12.9. The minimum absolute atomic E-state index is 0.0652. The molecule has 0 unspecified atom stereocenters. The van der Waals surface area contributed by atoms with Crippen LogP contribution in [0.3, 0.4) is 0 Å². The Labute approximate surface area is 167 Å². The highest BCUT2D eigenvalue weighted by Crippen LogP contribution is 2.29. The molecular formula is C21H22ClN3O3. The molecule has 0 bridgehead atoms. The fourth-order valence-corrected chi connectivity index (χ4v) is 3.86. The molecule has 0 atom stereocenters. The first-order valence-electron chi connectivity index (χ1n) is 9.26. The highest BCUT2D eigenvalue weighted by Gasteiger charge is 2.20. The predicted molar refractivity (Wildman–Crippen MR) is 111 cm³/mol. The summed E-state index contributed by atoms with van der Waals surface area (Å²) < 4.78 is 5.53. The first-order chi connectivity index (χ1) is 13.5. The van der Waals surface area contributed by atoms with Gasteiger partial charge in [0.25, 0.3) is 0 Å². The van der Waals surface area contributed by atoms with E-state index in [-0.39, 0.29) is 5.75 Å². The zero-order chi connectivity index (χ0) is 19.7. The number of phenols is 1. The first-order valence-corrected chi connectivity index (χ1v) is 9.64. The fourth-order valence-electron chi connectivity index (χ4n) is 3.67. The van der Waals surface area contributed by atoms with Crippen LogP contribution in [0.25, 0.3) is 11.0 Å². The van der Waals surface area contributed by atoms with Gasteiger partial charge in [-0.1, -0.05) is 23.7 Å². The Balaban J connectivity index is 1.84. The van der Waals surface area contributed by atoms with Crippen LogP contribution in [0.2, 0.25) is 5.02 Å². The van der Waals surface area contributed by atoms with Gasteiger partial charge in [0, 0.05) is 56.2 Å². The van der Waals surface area contributed by atoms with E-state index in [1.807, 2.05) is 12.1 Å². The molecule has 28 heavy (non-hydrogen) atoms. The molecular weight excluding hydrogens is 378 g/mol. The van der Waals surface area contributed by atoms with E-state index in [1.54, 1.807) is 18.2 Å². The maximum atomic E-state index is 12.9. The maximum Gasteiger partial charge on any atom is 0.340 e. The molecule has 0 amide bonds. The monoisotopic (exact) mass is 399 g/mol. The van der Waals surface area contributed by atoms with Crippen LogP contribution in [-0.4, -0.2) is 36.2 Å². The van der Waals surface area contributed by atoms with Crippen molar-refractivity contribution in [2.45, 2.75) is 13.0 Å². The topological polar surface area (TPSA) is 91.7 Å². The van der Waals surface area contributed by atoms with E-state index < -0.39 is 5.63 Å². The molecule has 1 aromatic heterocycles. The van der Waals surface area contributed by atoms with Crippen molar-refractivity contribution in [3.63, 3.8) is 0 Å². The molecule has 4 rings (SSSR count). The molecule has 7 heteroatoms. The number of nitrogens with one attached hydrogen (secondary N) is 1. The van der Waals surface area contributed by atoms with Crippen molar-refractivity contribution in [2.24, 2.45) is 0 Å². The Morgan fingerprint density at radius 3 is 2.75 bits per heavy atom. The van der Waals surface area contributed by atoms with E-state index >= 15 is 0 Å². The highest BCUT2D eigenvalue weighted by atomic mass is 35.5. The number of rotatable bonds is 4. The summed E-state index contributed by atoms with van der Waals surface area (Å²) in [7, 11) is 0. The Hall–Kier alpha value is -2.54. The standard InChI is InChI=1S/C21H22ClN3O3/c22-20-13(2-1-3-18(20)23)10-16-17(12-25-8-6-24-7-9-25)15-5-4-14(26)11-19(15)28-21(16)27/h1-5,11,24,26H,6-10,12,23H2. The summed E-state index contributed by atoms with van der Waals surface area (Å²) in [6.45, 7) is 4.26. The van der Waals surface area contributed by atoms with E-state index in [0.717, 1.165) is 42.7 Å². The minimum Gasteiger partial charge on any atom is -0.508 e. The van der Waals surface area contributed by atoms with Crippen LogP contribution in [-0.2, 0) is 13.0 Å². The molecule has 2 heterocycles. The van der Waals surface area contributed by atoms with Crippen LogP contribution in [0, 0.1) is 0 Å². The molecule has 1 saturated heterocycles. The zero-order valence-electron chi connectivity index (χ0n) is 15.4. The Morgan fingerprint density at radius 1 is 1.18 bits per heavy atom. The third-order valence-corrected chi connectivity index (χ3v) is 5.63. The highest BCUT2D eigenvalue weighted by molar-refractivity contribution is 6.33. The van der Waals surface area contributed by atoms with Crippen molar-refractivity contribution >= 4 is 28.3 Å².